The van der Waals surface area contributed by atoms with Crippen LogP contribution in [0.3, 0.4) is 0 Å². The lowest BCUT2D eigenvalue weighted by Crippen LogP contribution is -2.50. The molecule has 1 aromatic rings. The highest BCUT2D eigenvalue weighted by Gasteiger charge is 2.42. The molecule has 0 aromatic heterocycles. The van der Waals surface area contributed by atoms with Crippen molar-refractivity contribution < 1.29 is 17.9 Å². The monoisotopic (exact) mass is 353 g/mol. The lowest BCUT2D eigenvalue weighted by atomic mass is 10.1. The molecule has 4 rings (SSSR count). The normalized spacial score (nSPS) is 23.7. The van der Waals surface area contributed by atoms with Gasteiger partial charge in [-0.3, -0.25) is 0 Å². The SMILES string of the molecule is O=S(=O)(NCc1ccc2c(c1)CNC2)N1CCC2(CC1)OCCO2. The molecule has 2 N–H and O–H groups in total. The smallest absolute Gasteiger partial charge is 0.279 e. The lowest BCUT2D eigenvalue weighted by molar-refractivity contribution is -0.179. The van der Waals surface area contributed by atoms with Gasteiger partial charge in [0.2, 0.25) is 0 Å². The third kappa shape index (κ3) is 3.22. The predicted molar refractivity (Wildman–Crippen MR) is 88.2 cm³/mol. The van der Waals surface area contributed by atoms with Crippen molar-refractivity contribution in [3.05, 3.63) is 34.9 Å². The maximum absolute atomic E-state index is 12.5. The first kappa shape index (κ1) is 16.4. The molecule has 0 unspecified atom stereocenters. The van der Waals surface area contributed by atoms with Crippen LogP contribution in [-0.2, 0) is 39.3 Å². The average molecular weight is 353 g/mol. The van der Waals surface area contributed by atoms with Crippen LogP contribution in [-0.4, -0.2) is 44.8 Å². The Hall–Kier alpha value is -1.03. The summed E-state index contributed by atoms with van der Waals surface area (Å²) in [6, 6.07) is 6.13. The van der Waals surface area contributed by atoms with E-state index in [0.717, 1.165) is 18.7 Å². The number of benzene rings is 1. The molecular weight excluding hydrogens is 330 g/mol. The first-order valence-corrected chi connectivity index (χ1v) is 9.84. The average Bonchev–Trinajstić information content (AvgIpc) is 3.22. The number of nitrogens with zero attached hydrogens (tertiary/aromatic N) is 1. The summed E-state index contributed by atoms with van der Waals surface area (Å²) in [5.41, 5.74) is 3.53. The Balaban J connectivity index is 1.35. The van der Waals surface area contributed by atoms with Crippen LogP contribution in [0.2, 0.25) is 0 Å². The minimum absolute atomic E-state index is 0.310. The molecule has 8 heteroatoms. The Kier molecular flexibility index (Phi) is 4.36. The highest BCUT2D eigenvalue weighted by Crippen LogP contribution is 2.31. The van der Waals surface area contributed by atoms with Crippen LogP contribution in [0.15, 0.2) is 18.2 Å². The van der Waals surface area contributed by atoms with Crippen LogP contribution in [0.4, 0.5) is 0 Å². The lowest BCUT2D eigenvalue weighted by Gasteiger charge is -2.36. The standard InChI is InChI=1S/C16H23N3O4S/c20-24(21,19-5-3-16(4-6-19)22-7-8-23-16)18-10-13-1-2-14-11-17-12-15(14)9-13/h1-2,9,17-18H,3-8,10-12H2. The molecular formula is C16H23N3O4S. The van der Waals surface area contributed by atoms with E-state index in [1.165, 1.54) is 15.4 Å². The van der Waals surface area contributed by atoms with Gasteiger partial charge in [0.15, 0.2) is 5.79 Å². The van der Waals surface area contributed by atoms with Crippen LogP contribution in [0.25, 0.3) is 0 Å². The maximum Gasteiger partial charge on any atom is 0.279 e. The van der Waals surface area contributed by atoms with Gasteiger partial charge >= 0.3 is 0 Å². The quantitative estimate of drug-likeness (QED) is 0.822. The fourth-order valence-electron chi connectivity index (χ4n) is 3.58. The zero-order valence-electron chi connectivity index (χ0n) is 13.6. The second-order valence-corrected chi connectivity index (χ2v) is 8.29. The number of fused-ring (bicyclic) bond motifs is 1. The van der Waals surface area contributed by atoms with Crippen molar-refractivity contribution in [2.45, 2.75) is 38.3 Å². The minimum atomic E-state index is -3.49. The van der Waals surface area contributed by atoms with E-state index in [-0.39, 0.29) is 0 Å². The van der Waals surface area contributed by atoms with Gasteiger partial charge in [-0.25, -0.2) is 0 Å². The fourth-order valence-corrected chi connectivity index (χ4v) is 4.77. The van der Waals surface area contributed by atoms with Crippen molar-refractivity contribution in [1.82, 2.24) is 14.3 Å². The van der Waals surface area contributed by atoms with Gasteiger partial charge in [-0.1, -0.05) is 18.2 Å². The molecule has 1 aromatic carbocycles. The highest BCUT2D eigenvalue weighted by atomic mass is 32.2. The summed E-state index contributed by atoms with van der Waals surface area (Å²) >= 11 is 0. The number of ether oxygens (including phenoxy) is 2. The Morgan fingerprint density at radius 1 is 1.12 bits per heavy atom. The molecule has 0 atom stereocenters. The molecule has 3 aliphatic rings. The third-order valence-corrected chi connectivity index (χ3v) is 6.55. The summed E-state index contributed by atoms with van der Waals surface area (Å²) in [6.45, 7) is 4.08. The van der Waals surface area contributed by atoms with Crippen LogP contribution in [0.5, 0.6) is 0 Å². The molecule has 7 nitrogen and oxygen atoms in total. The van der Waals surface area contributed by atoms with Gasteiger partial charge in [0, 0.05) is 45.6 Å². The Morgan fingerprint density at radius 2 is 1.83 bits per heavy atom. The van der Waals surface area contributed by atoms with Crippen molar-refractivity contribution in [2.75, 3.05) is 26.3 Å². The van der Waals surface area contributed by atoms with E-state index in [0.29, 0.717) is 45.7 Å². The van der Waals surface area contributed by atoms with E-state index in [1.807, 2.05) is 6.07 Å². The summed E-state index contributed by atoms with van der Waals surface area (Å²) in [7, 11) is -3.49. The number of nitrogens with one attached hydrogen (secondary N) is 2. The van der Waals surface area contributed by atoms with E-state index >= 15 is 0 Å². The van der Waals surface area contributed by atoms with E-state index in [1.54, 1.807) is 0 Å². The molecule has 2 fully saturated rings. The Bertz CT molecular complexity index is 706. The molecule has 1 spiro atoms. The summed E-state index contributed by atoms with van der Waals surface area (Å²) in [5, 5.41) is 3.29. The minimum Gasteiger partial charge on any atom is -0.347 e. The zero-order valence-corrected chi connectivity index (χ0v) is 14.4. The molecule has 2 saturated heterocycles. The first-order chi connectivity index (χ1) is 11.6. The van der Waals surface area contributed by atoms with Gasteiger partial charge < -0.3 is 14.8 Å². The number of hydrogen-bond acceptors (Lipinski definition) is 5. The topological polar surface area (TPSA) is 79.9 Å². The van der Waals surface area contributed by atoms with Crippen LogP contribution < -0.4 is 10.0 Å². The van der Waals surface area contributed by atoms with Crippen molar-refractivity contribution in [3.8, 4) is 0 Å². The molecule has 3 aliphatic heterocycles. The van der Waals surface area contributed by atoms with Crippen molar-refractivity contribution >= 4 is 10.2 Å². The number of piperidine rings is 1. The first-order valence-electron chi connectivity index (χ1n) is 8.40. The predicted octanol–water partition coefficient (Wildman–Crippen LogP) is 0.463. The third-order valence-electron chi connectivity index (χ3n) is 5.00. The van der Waals surface area contributed by atoms with Crippen LogP contribution in [0, 0.1) is 0 Å². The fraction of sp³-hybridized carbons (Fsp3) is 0.625. The molecule has 0 saturated carbocycles. The molecule has 0 radical (unpaired) electrons. The van der Waals surface area contributed by atoms with Gasteiger partial charge in [-0.15, -0.1) is 0 Å². The van der Waals surface area contributed by atoms with Crippen molar-refractivity contribution in [2.24, 2.45) is 0 Å². The molecule has 24 heavy (non-hydrogen) atoms. The second-order valence-electron chi connectivity index (χ2n) is 6.54. The summed E-state index contributed by atoms with van der Waals surface area (Å²) < 4.78 is 40.5. The summed E-state index contributed by atoms with van der Waals surface area (Å²) in [4.78, 5) is 0. The van der Waals surface area contributed by atoms with E-state index < -0.39 is 16.0 Å². The van der Waals surface area contributed by atoms with Crippen molar-refractivity contribution in [3.63, 3.8) is 0 Å². The van der Waals surface area contributed by atoms with Crippen LogP contribution >= 0.6 is 0 Å². The number of hydrogen-bond donors (Lipinski definition) is 2. The van der Waals surface area contributed by atoms with Gasteiger partial charge in [0.1, 0.15) is 0 Å². The highest BCUT2D eigenvalue weighted by molar-refractivity contribution is 7.87. The number of rotatable bonds is 4. The molecule has 0 amide bonds. The Morgan fingerprint density at radius 3 is 2.58 bits per heavy atom. The van der Waals surface area contributed by atoms with Gasteiger partial charge in [0.25, 0.3) is 10.2 Å². The molecule has 0 bridgehead atoms. The van der Waals surface area contributed by atoms with E-state index in [2.05, 4.69) is 22.2 Å². The molecule has 132 valence electrons. The summed E-state index contributed by atoms with van der Waals surface area (Å²) in [5.74, 6) is -0.557. The van der Waals surface area contributed by atoms with Gasteiger partial charge in [-0.2, -0.15) is 17.4 Å². The largest absolute Gasteiger partial charge is 0.347 e. The Labute approximate surface area is 142 Å². The second kappa shape index (κ2) is 6.36. The van der Waals surface area contributed by atoms with E-state index in [9.17, 15) is 8.42 Å². The van der Waals surface area contributed by atoms with Crippen molar-refractivity contribution in [1.29, 1.82) is 0 Å². The molecule has 3 heterocycles. The van der Waals surface area contributed by atoms with Crippen LogP contribution in [0.1, 0.15) is 29.5 Å². The van der Waals surface area contributed by atoms with E-state index in [4.69, 9.17) is 9.47 Å². The van der Waals surface area contributed by atoms with Gasteiger partial charge in [0.05, 0.1) is 13.2 Å². The maximum atomic E-state index is 12.5. The summed E-state index contributed by atoms with van der Waals surface area (Å²) in [6.07, 6.45) is 1.16. The zero-order chi connectivity index (χ0) is 16.6. The van der Waals surface area contributed by atoms with Gasteiger partial charge in [-0.05, 0) is 16.7 Å². The molecule has 0 aliphatic carbocycles.